The number of carbonyl (C=O) groups excluding carboxylic acids is 1. The Kier molecular flexibility index (Phi) is 4.04. The Morgan fingerprint density at radius 1 is 1.39 bits per heavy atom. The molecule has 18 heavy (non-hydrogen) atoms. The zero-order chi connectivity index (χ0) is 13.1. The first-order chi connectivity index (χ1) is 8.58. The first-order valence-electron chi connectivity index (χ1n) is 5.62. The second-order valence-electron chi connectivity index (χ2n) is 4.16. The highest BCUT2D eigenvalue weighted by molar-refractivity contribution is 7.09. The molecular formula is C14H14ClNOS. The van der Waals surface area contributed by atoms with Crippen LogP contribution in [0.3, 0.4) is 0 Å². The zero-order valence-corrected chi connectivity index (χ0v) is 11.9. The molecule has 0 aliphatic carbocycles. The van der Waals surface area contributed by atoms with Crippen LogP contribution in [0.15, 0.2) is 35.7 Å². The first-order valence-corrected chi connectivity index (χ1v) is 6.87. The van der Waals surface area contributed by atoms with Crippen molar-refractivity contribution >= 4 is 34.4 Å². The van der Waals surface area contributed by atoms with Gasteiger partial charge in [-0.05, 0) is 36.6 Å². The fourth-order valence-electron chi connectivity index (χ4n) is 1.75. The van der Waals surface area contributed by atoms with Crippen molar-refractivity contribution in [2.24, 2.45) is 0 Å². The minimum atomic E-state index is -0.00698. The van der Waals surface area contributed by atoms with Crippen LogP contribution in [0.4, 0.5) is 5.69 Å². The number of hydrogen-bond donors (Lipinski definition) is 0. The number of carbonyl (C=O) groups is 1. The van der Waals surface area contributed by atoms with Crippen LogP contribution in [0.25, 0.3) is 0 Å². The van der Waals surface area contributed by atoms with Gasteiger partial charge in [0.2, 0.25) is 0 Å². The number of anilines is 1. The number of halogens is 1. The minimum Gasteiger partial charge on any atom is -0.369 e. The van der Waals surface area contributed by atoms with Crippen molar-refractivity contribution in [1.82, 2.24) is 0 Å². The molecule has 4 heteroatoms. The van der Waals surface area contributed by atoms with Gasteiger partial charge in [0.05, 0.1) is 11.6 Å². The van der Waals surface area contributed by atoms with Gasteiger partial charge >= 0.3 is 0 Å². The van der Waals surface area contributed by atoms with Gasteiger partial charge in [-0.2, -0.15) is 0 Å². The van der Waals surface area contributed by atoms with E-state index < -0.39 is 0 Å². The maximum atomic E-state index is 11.3. The third-order valence-electron chi connectivity index (χ3n) is 2.75. The molecule has 1 aromatic heterocycles. The molecule has 0 atom stereocenters. The van der Waals surface area contributed by atoms with Crippen LogP contribution in [-0.2, 0) is 6.54 Å². The Balaban J connectivity index is 2.18. The first kappa shape index (κ1) is 13.1. The lowest BCUT2D eigenvalue weighted by Crippen LogP contribution is -2.15. The SMILES string of the molecule is CC(=O)c1ccc(N(C)Cc2cccs2)cc1Cl. The molecule has 0 fully saturated rings. The molecule has 2 rings (SSSR count). The number of benzene rings is 1. The molecule has 0 radical (unpaired) electrons. The van der Waals surface area contributed by atoms with Crippen molar-refractivity contribution in [3.8, 4) is 0 Å². The van der Waals surface area contributed by atoms with E-state index in [0.29, 0.717) is 10.6 Å². The van der Waals surface area contributed by atoms with Crippen molar-refractivity contribution in [2.75, 3.05) is 11.9 Å². The van der Waals surface area contributed by atoms with Crippen LogP contribution in [0.2, 0.25) is 5.02 Å². The van der Waals surface area contributed by atoms with Gasteiger partial charge in [-0.3, -0.25) is 4.79 Å². The normalized spacial score (nSPS) is 10.4. The summed E-state index contributed by atoms with van der Waals surface area (Å²) in [6.07, 6.45) is 0. The number of hydrogen-bond acceptors (Lipinski definition) is 3. The van der Waals surface area contributed by atoms with Crippen molar-refractivity contribution in [1.29, 1.82) is 0 Å². The quantitative estimate of drug-likeness (QED) is 0.780. The van der Waals surface area contributed by atoms with Crippen LogP contribution >= 0.6 is 22.9 Å². The van der Waals surface area contributed by atoms with Gasteiger partial charge in [-0.15, -0.1) is 11.3 Å². The molecule has 2 aromatic rings. The van der Waals surface area contributed by atoms with Crippen LogP contribution in [-0.4, -0.2) is 12.8 Å². The molecule has 94 valence electrons. The van der Waals surface area contributed by atoms with Crippen molar-refractivity contribution in [3.63, 3.8) is 0 Å². The fourth-order valence-corrected chi connectivity index (χ4v) is 2.82. The molecule has 2 nitrogen and oxygen atoms in total. The largest absolute Gasteiger partial charge is 0.369 e. The van der Waals surface area contributed by atoms with Gasteiger partial charge in [-0.1, -0.05) is 17.7 Å². The van der Waals surface area contributed by atoms with E-state index in [2.05, 4.69) is 16.3 Å². The highest BCUT2D eigenvalue weighted by atomic mass is 35.5. The predicted molar refractivity (Wildman–Crippen MR) is 77.9 cm³/mol. The topological polar surface area (TPSA) is 20.3 Å². The predicted octanol–water partition coefficient (Wildman–Crippen LogP) is 4.24. The summed E-state index contributed by atoms with van der Waals surface area (Å²) in [5.41, 5.74) is 1.59. The monoisotopic (exact) mass is 279 g/mol. The van der Waals surface area contributed by atoms with Crippen molar-refractivity contribution in [2.45, 2.75) is 13.5 Å². The van der Waals surface area contributed by atoms with Gasteiger partial charge in [0.1, 0.15) is 0 Å². The second-order valence-corrected chi connectivity index (χ2v) is 5.60. The van der Waals surface area contributed by atoms with Crippen LogP contribution < -0.4 is 4.90 Å². The molecule has 0 unspecified atom stereocenters. The lowest BCUT2D eigenvalue weighted by atomic mass is 10.1. The van der Waals surface area contributed by atoms with Crippen molar-refractivity contribution in [3.05, 3.63) is 51.2 Å². The van der Waals surface area contributed by atoms with E-state index in [4.69, 9.17) is 11.6 Å². The third kappa shape index (κ3) is 2.92. The number of ketones is 1. The molecular weight excluding hydrogens is 266 g/mol. The number of thiophene rings is 1. The number of Topliss-reactive ketones (excluding diaryl/α,β-unsaturated/α-hetero) is 1. The maximum Gasteiger partial charge on any atom is 0.161 e. The molecule has 1 heterocycles. The van der Waals surface area contributed by atoms with E-state index in [1.54, 1.807) is 17.4 Å². The summed E-state index contributed by atoms with van der Waals surface area (Å²) >= 11 is 7.83. The Morgan fingerprint density at radius 3 is 2.72 bits per heavy atom. The summed E-state index contributed by atoms with van der Waals surface area (Å²) in [5.74, 6) is -0.00698. The van der Waals surface area contributed by atoms with Crippen LogP contribution in [0, 0.1) is 0 Å². The van der Waals surface area contributed by atoms with E-state index in [-0.39, 0.29) is 5.78 Å². The Bertz CT molecular complexity index is 551. The smallest absolute Gasteiger partial charge is 0.161 e. The number of nitrogens with zero attached hydrogens (tertiary/aromatic N) is 1. The Labute approximate surface area is 116 Å². The van der Waals surface area contributed by atoms with E-state index in [1.807, 2.05) is 25.2 Å². The second kappa shape index (κ2) is 5.55. The summed E-state index contributed by atoms with van der Waals surface area (Å²) in [5, 5.41) is 2.58. The highest BCUT2D eigenvalue weighted by Gasteiger charge is 2.09. The van der Waals surface area contributed by atoms with E-state index in [0.717, 1.165) is 12.2 Å². The summed E-state index contributed by atoms with van der Waals surface area (Å²) in [6.45, 7) is 2.36. The Hall–Kier alpha value is -1.32. The molecule has 0 aliphatic rings. The van der Waals surface area contributed by atoms with E-state index in [9.17, 15) is 4.79 Å². The summed E-state index contributed by atoms with van der Waals surface area (Å²) < 4.78 is 0. The zero-order valence-electron chi connectivity index (χ0n) is 10.3. The van der Waals surface area contributed by atoms with Crippen LogP contribution in [0.1, 0.15) is 22.2 Å². The third-order valence-corrected chi connectivity index (χ3v) is 3.92. The average molecular weight is 280 g/mol. The molecule has 0 amide bonds. The molecule has 0 saturated carbocycles. The van der Waals surface area contributed by atoms with Gasteiger partial charge in [0, 0.05) is 23.2 Å². The Morgan fingerprint density at radius 2 is 2.17 bits per heavy atom. The van der Waals surface area contributed by atoms with Gasteiger partial charge in [0.15, 0.2) is 5.78 Å². The lowest BCUT2D eigenvalue weighted by Gasteiger charge is -2.19. The molecule has 0 N–H and O–H groups in total. The summed E-state index contributed by atoms with van der Waals surface area (Å²) in [7, 11) is 2.01. The van der Waals surface area contributed by atoms with E-state index >= 15 is 0 Å². The highest BCUT2D eigenvalue weighted by Crippen LogP contribution is 2.25. The minimum absolute atomic E-state index is 0.00698. The van der Waals surface area contributed by atoms with Gasteiger partial charge in [-0.25, -0.2) is 0 Å². The fraction of sp³-hybridized carbons (Fsp3) is 0.214. The average Bonchev–Trinajstić information content (AvgIpc) is 2.81. The van der Waals surface area contributed by atoms with Crippen molar-refractivity contribution < 1.29 is 4.79 Å². The van der Waals surface area contributed by atoms with Gasteiger partial charge < -0.3 is 4.90 Å². The maximum absolute atomic E-state index is 11.3. The van der Waals surface area contributed by atoms with Crippen LogP contribution in [0.5, 0.6) is 0 Å². The lowest BCUT2D eigenvalue weighted by molar-refractivity contribution is 0.101. The standard InChI is InChI=1S/C14H14ClNOS/c1-10(17)13-6-5-11(8-14(13)15)16(2)9-12-4-3-7-18-12/h3-8H,9H2,1-2H3. The van der Waals surface area contributed by atoms with Gasteiger partial charge in [0.25, 0.3) is 0 Å². The molecule has 0 saturated heterocycles. The number of rotatable bonds is 4. The molecule has 1 aromatic carbocycles. The molecule has 0 aliphatic heterocycles. The molecule has 0 spiro atoms. The summed E-state index contributed by atoms with van der Waals surface area (Å²) in [6, 6.07) is 9.69. The van der Waals surface area contributed by atoms with E-state index in [1.165, 1.54) is 11.8 Å². The molecule has 0 bridgehead atoms. The summed E-state index contributed by atoms with van der Waals surface area (Å²) in [4.78, 5) is 14.7.